The largest absolute Gasteiger partial charge is 0.349 e. The van der Waals surface area contributed by atoms with Gasteiger partial charge >= 0.3 is 0 Å². The molecule has 2 saturated heterocycles. The van der Waals surface area contributed by atoms with E-state index in [1.54, 1.807) is 48.5 Å². The molecule has 34 heavy (non-hydrogen) atoms. The normalized spacial score (nSPS) is 24.8. The Morgan fingerprint density at radius 3 is 2.00 bits per heavy atom. The first-order chi connectivity index (χ1) is 16.4. The lowest BCUT2D eigenvalue weighted by Gasteiger charge is -2.27. The highest BCUT2D eigenvalue weighted by molar-refractivity contribution is 9.10. The average Bonchev–Trinajstić information content (AvgIpc) is 3.40. The SMILES string of the molecule is Cc1ccc([C@@H]2OC3(C(=O)c4ccccc4C3=O)[C@H]3C(=O)N(c4ccccc4Br)C(=O)[C@@H]23)cc1. The van der Waals surface area contributed by atoms with E-state index in [-0.39, 0.29) is 11.1 Å². The van der Waals surface area contributed by atoms with Crippen LogP contribution in [0.25, 0.3) is 0 Å². The number of imide groups is 1. The summed E-state index contributed by atoms with van der Waals surface area (Å²) < 4.78 is 6.85. The lowest BCUT2D eigenvalue weighted by atomic mass is 9.77. The molecule has 3 aromatic rings. The second-order valence-electron chi connectivity index (χ2n) is 8.86. The van der Waals surface area contributed by atoms with Crippen LogP contribution in [0.15, 0.2) is 77.3 Å². The summed E-state index contributed by atoms with van der Waals surface area (Å²) in [6.45, 7) is 1.93. The van der Waals surface area contributed by atoms with Crippen LogP contribution in [0.1, 0.15) is 37.9 Å². The van der Waals surface area contributed by atoms with Gasteiger partial charge in [0.25, 0.3) is 0 Å². The Bertz CT molecular complexity index is 1380. The van der Waals surface area contributed by atoms with E-state index in [4.69, 9.17) is 4.74 Å². The second-order valence-corrected chi connectivity index (χ2v) is 9.71. The molecule has 3 aliphatic rings. The van der Waals surface area contributed by atoms with Crippen molar-refractivity contribution in [3.63, 3.8) is 0 Å². The molecule has 0 unspecified atom stereocenters. The van der Waals surface area contributed by atoms with E-state index in [1.807, 2.05) is 31.2 Å². The van der Waals surface area contributed by atoms with Crippen LogP contribution >= 0.6 is 15.9 Å². The summed E-state index contributed by atoms with van der Waals surface area (Å²) in [7, 11) is 0. The third-order valence-corrected chi connectivity index (χ3v) is 7.69. The fourth-order valence-corrected chi connectivity index (χ4v) is 5.91. The number of anilines is 1. The molecule has 2 amide bonds. The molecule has 3 aromatic carbocycles. The van der Waals surface area contributed by atoms with Crippen molar-refractivity contribution in [2.75, 3.05) is 4.90 Å². The zero-order valence-corrected chi connectivity index (χ0v) is 19.6. The van der Waals surface area contributed by atoms with Crippen molar-refractivity contribution in [3.05, 3.63) is 99.5 Å². The Labute approximate surface area is 203 Å². The number of fused-ring (bicyclic) bond motifs is 3. The van der Waals surface area contributed by atoms with Crippen LogP contribution in [0.2, 0.25) is 0 Å². The van der Waals surface area contributed by atoms with Crippen LogP contribution in [0.5, 0.6) is 0 Å². The van der Waals surface area contributed by atoms with Gasteiger partial charge in [-0.15, -0.1) is 0 Å². The number of halogens is 1. The van der Waals surface area contributed by atoms with Gasteiger partial charge in [0.15, 0.2) is 0 Å². The molecule has 0 N–H and O–H groups in total. The lowest BCUT2D eigenvalue weighted by Crippen LogP contribution is -2.51. The molecule has 0 saturated carbocycles. The number of carbonyl (C=O) groups excluding carboxylic acids is 4. The first-order valence-electron chi connectivity index (χ1n) is 10.9. The quantitative estimate of drug-likeness (QED) is 0.372. The maximum atomic E-state index is 13.9. The molecule has 0 bridgehead atoms. The van der Waals surface area contributed by atoms with E-state index in [2.05, 4.69) is 15.9 Å². The first-order valence-corrected chi connectivity index (χ1v) is 11.7. The van der Waals surface area contributed by atoms with Gasteiger partial charge in [0, 0.05) is 15.6 Å². The topological polar surface area (TPSA) is 80.8 Å². The molecule has 2 aliphatic heterocycles. The maximum absolute atomic E-state index is 13.9. The van der Waals surface area contributed by atoms with Crippen molar-refractivity contribution in [2.24, 2.45) is 11.8 Å². The number of carbonyl (C=O) groups is 4. The van der Waals surface area contributed by atoms with Crippen LogP contribution in [0, 0.1) is 18.8 Å². The first kappa shape index (κ1) is 21.1. The van der Waals surface area contributed by atoms with Crippen molar-refractivity contribution < 1.29 is 23.9 Å². The molecule has 7 heteroatoms. The van der Waals surface area contributed by atoms with Gasteiger partial charge in [-0.2, -0.15) is 0 Å². The van der Waals surface area contributed by atoms with E-state index in [0.717, 1.165) is 10.5 Å². The smallest absolute Gasteiger partial charge is 0.241 e. The number of ketones is 2. The summed E-state index contributed by atoms with van der Waals surface area (Å²) in [6, 6.07) is 20.7. The molecular weight excluding hydrogens is 498 g/mol. The number of hydrogen-bond donors (Lipinski definition) is 0. The predicted molar refractivity (Wildman–Crippen MR) is 126 cm³/mol. The minimum atomic E-state index is -2.06. The Hall–Kier alpha value is -3.42. The van der Waals surface area contributed by atoms with Crippen LogP contribution in [-0.2, 0) is 14.3 Å². The molecule has 0 aromatic heterocycles. The summed E-state index contributed by atoms with van der Waals surface area (Å²) in [4.78, 5) is 56.2. The molecule has 2 heterocycles. The molecule has 0 radical (unpaired) electrons. The molecular formula is C27H18BrNO5. The monoisotopic (exact) mass is 515 g/mol. The zero-order chi connectivity index (χ0) is 23.8. The van der Waals surface area contributed by atoms with E-state index >= 15 is 0 Å². The Morgan fingerprint density at radius 1 is 0.794 bits per heavy atom. The van der Waals surface area contributed by atoms with E-state index < -0.39 is 46.9 Å². The van der Waals surface area contributed by atoms with Crippen molar-refractivity contribution in [1.29, 1.82) is 0 Å². The standard InChI is InChI=1S/C27H18BrNO5/c1-14-10-12-15(13-11-14)22-20-21(26(33)29(25(20)32)19-9-5-4-8-18(19)28)27(34-22)23(30)16-6-2-3-7-17(16)24(27)31/h2-13,20-22H,1H3/t20-,21-,22+/m1/s1. The number of hydrogen-bond acceptors (Lipinski definition) is 5. The number of rotatable bonds is 2. The van der Waals surface area contributed by atoms with Gasteiger partial charge in [-0.05, 0) is 40.5 Å². The number of nitrogens with zero attached hydrogens (tertiary/aromatic N) is 1. The summed E-state index contributed by atoms with van der Waals surface area (Å²) in [5, 5.41) is 0. The minimum absolute atomic E-state index is 0.218. The van der Waals surface area contributed by atoms with Gasteiger partial charge in [-0.1, -0.05) is 66.2 Å². The molecule has 6 rings (SSSR count). The fourth-order valence-electron chi connectivity index (χ4n) is 5.44. The highest BCUT2D eigenvalue weighted by Gasteiger charge is 2.74. The minimum Gasteiger partial charge on any atom is -0.349 e. The number of Topliss-reactive ketones (excluding diaryl/α,β-unsaturated/α-hetero) is 2. The number of para-hydroxylation sites is 1. The molecule has 1 aliphatic carbocycles. The Balaban J connectivity index is 1.56. The van der Waals surface area contributed by atoms with Gasteiger partial charge < -0.3 is 4.74 Å². The van der Waals surface area contributed by atoms with Crippen LogP contribution in [0.3, 0.4) is 0 Å². The van der Waals surface area contributed by atoms with Gasteiger partial charge in [0.1, 0.15) is 0 Å². The Morgan fingerprint density at radius 2 is 1.38 bits per heavy atom. The molecule has 168 valence electrons. The summed E-state index contributed by atoms with van der Waals surface area (Å²) in [6.07, 6.45) is -0.920. The van der Waals surface area contributed by atoms with Gasteiger partial charge in [0.05, 0.1) is 23.6 Å². The molecule has 3 atom stereocenters. The number of ether oxygens (including phenoxy) is 1. The van der Waals surface area contributed by atoms with Crippen LogP contribution in [0.4, 0.5) is 5.69 Å². The highest BCUT2D eigenvalue weighted by atomic mass is 79.9. The average molecular weight is 516 g/mol. The second kappa shape index (κ2) is 7.29. The van der Waals surface area contributed by atoms with E-state index in [0.29, 0.717) is 15.7 Å². The number of benzene rings is 3. The van der Waals surface area contributed by atoms with Crippen LogP contribution in [-0.4, -0.2) is 29.0 Å². The third-order valence-electron chi connectivity index (χ3n) is 7.02. The van der Waals surface area contributed by atoms with Gasteiger partial charge in [-0.3, -0.25) is 19.2 Å². The lowest BCUT2D eigenvalue weighted by molar-refractivity contribution is -0.127. The Kier molecular flexibility index (Phi) is 4.53. The molecule has 1 spiro atoms. The van der Waals surface area contributed by atoms with Gasteiger partial charge in [0.2, 0.25) is 29.0 Å². The summed E-state index contributed by atoms with van der Waals surface area (Å²) in [5.74, 6) is -4.48. The molecule has 6 nitrogen and oxygen atoms in total. The fraction of sp³-hybridized carbons (Fsp3) is 0.185. The molecule has 2 fully saturated rings. The number of aryl methyl sites for hydroxylation is 1. The summed E-state index contributed by atoms with van der Waals surface area (Å²) in [5.41, 5.74) is 0.402. The van der Waals surface area contributed by atoms with Crippen molar-refractivity contribution in [1.82, 2.24) is 0 Å². The van der Waals surface area contributed by atoms with Crippen molar-refractivity contribution in [3.8, 4) is 0 Å². The third kappa shape index (κ3) is 2.59. The van der Waals surface area contributed by atoms with Crippen molar-refractivity contribution in [2.45, 2.75) is 18.6 Å². The maximum Gasteiger partial charge on any atom is 0.241 e. The zero-order valence-electron chi connectivity index (χ0n) is 18.0. The number of amides is 2. The van der Waals surface area contributed by atoms with E-state index in [9.17, 15) is 19.2 Å². The highest BCUT2D eigenvalue weighted by Crippen LogP contribution is 2.58. The van der Waals surface area contributed by atoms with Crippen LogP contribution < -0.4 is 4.90 Å². The van der Waals surface area contributed by atoms with Crippen molar-refractivity contribution >= 4 is 45.0 Å². The van der Waals surface area contributed by atoms with E-state index in [1.165, 1.54) is 0 Å². The predicted octanol–water partition coefficient (Wildman–Crippen LogP) is 4.45. The summed E-state index contributed by atoms with van der Waals surface area (Å²) >= 11 is 3.42. The van der Waals surface area contributed by atoms with Gasteiger partial charge in [-0.25, -0.2) is 4.90 Å².